The number of nitrogens with one attached hydrogen (secondary N) is 1. The Hall–Kier alpha value is -0.830. The van der Waals surface area contributed by atoms with Crippen molar-refractivity contribution in [2.24, 2.45) is 0 Å². The third-order valence-corrected chi connectivity index (χ3v) is 1.79. The second-order valence-electron chi connectivity index (χ2n) is 1.84. The zero-order valence-electron chi connectivity index (χ0n) is 5.71. The van der Waals surface area contributed by atoms with Crippen LogP contribution in [0.4, 0.5) is 5.13 Å². The minimum Gasteiger partial charge on any atom is -0.361 e. The maximum Gasteiger partial charge on any atom is 0.182 e. The minimum absolute atomic E-state index is 0.928. The van der Waals surface area contributed by atoms with Gasteiger partial charge in [0.15, 0.2) is 5.13 Å². The molecular weight excluding hydrogens is 144 g/mol. The van der Waals surface area contributed by atoms with Crippen LogP contribution in [-0.2, 0) is 0 Å². The fraction of sp³-hybridized carbons (Fsp3) is 0.286. The van der Waals surface area contributed by atoms with Gasteiger partial charge in [-0.05, 0) is 6.42 Å². The molecule has 0 aliphatic rings. The van der Waals surface area contributed by atoms with Gasteiger partial charge in [-0.3, -0.25) is 0 Å². The van der Waals surface area contributed by atoms with Crippen LogP contribution in [0.15, 0.2) is 24.2 Å². The van der Waals surface area contributed by atoms with Gasteiger partial charge < -0.3 is 5.32 Å². The monoisotopic (exact) mass is 154 g/mol. The van der Waals surface area contributed by atoms with Crippen molar-refractivity contribution < 1.29 is 0 Å². The van der Waals surface area contributed by atoms with Crippen LogP contribution in [0.5, 0.6) is 0 Å². The summed E-state index contributed by atoms with van der Waals surface area (Å²) in [5, 5.41) is 6.10. The van der Waals surface area contributed by atoms with Gasteiger partial charge in [-0.2, -0.15) is 0 Å². The van der Waals surface area contributed by atoms with Crippen LogP contribution in [0.25, 0.3) is 0 Å². The van der Waals surface area contributed by atoms with Crippen LogP contribution in [0.1, 0.15) is 6.42 Å². The number of hydrogen-bond acceptors (Lipinski definition) is 3. The molecule has 0 atom stereocenters. The lowest BCUT2D eigenvalue weighted by Gasteiger charge is -1.96. The first-order valence-corrected chi connectivity index (χ1v) is 4.05. The highest BCUT2D eigenvalue weighted by Gasteiger charge is 1.89. The molecule has 0 unspecified atom stereocenters. The van der Waals surface area contributed by atoms with Crippen molar-refractivity contribution in [1.29, 1.82) is 0 Å². The van der Waals surface area contributed by atoms with Crippen LogP contribution in [0.3, 0.4) is 0 Å². The number of aromatic nitrogens is 1. The number of nitrogens with zero attached hydrogens (tertiary/aromatic N) is 1. The molecule has 0 bridgehead atoms. The lowest BCUT2D eigenvalue weighted by molar-refractivity contribution is 1.06. The highest BCUT2D eigenvalue weighted by atomic mass is 32.1. The molecule has 0 aromatic carbocycles. The maximum absolute atomic E-state index is 4.06. The Bertz CT molecular complexity index is 181. The van der Waals surface area contributed by atoms with E-state index in [-0.39, 0.29) is 0 Å². The molecule has 0 aliphatic carbocycles. The summed E-state index contributed by atoms with van der Waals surface area (Å²) < 4.78 is 0. The first-order chi connectivity index (χ1) is 4.93. The molecule has 10 heavy (non-hydrogen) atoms. The Morgan fingerprint density at radius 3 is 3.30 bits per heavy atom. The largest absolute Gasteiger partial charge is 0.361 e. The van der Waals surface area contributed by atoms with Crippen LogP contribution in [0, 0.1) is 0 Å². The molecule has 0 saturated carbocycles. The van der Waals surface area contributed by atoms with Crippen LogP contribution in [-0.4, -0.2) is 11.5 Å². The quantitative estimate of drug-likeness (QED) is 0.531. The van der Waals surface area contributed by atoms with Crippen molar-refractivity contribution in [3.8, 4) is 0 Å². The predicted molar refractivity (Wildman–Crippen MR) is 45.4 cm³/mol. The third kappa shape index (κ3) is 2.19. The fourth-order valence-electron chi connectivity index (χ4n) is 0.592. The Labute approximate surface area is 64.6 Å². The van der Waals surface area contributed by atoms with Crippen molar-refractivity contribution >= 4 is 16.5 Å². The van der Waals surface area contributed by atoms with E-state index >= 15 is 0 Å². The van der Waals surface area contributed by atoms with Gasteiger partial charge in [-0.15, -0.1) is 17.9 Å². The van der Waals surface area contributed by atoms with Crippen molar-refractivity contribution in [1.82, 2.24) is 4.98 Å². The molecule has 0 amide bonds. The first-order valence-electron chi connectivity index (χ1n) is 3.18. The molecule has 1 aromatic rings. The van der Waals surface area contributed by atoms with E-state index in [0.29, 0.717) is 0 Å². The Balaban J connectivity index is 2.21. The van der Waals surface area contributed by atoms with Gasteiger partial charge in [-0.25, -0.2) is 4.98 Å². The van der Waals surface area contributed by atoms with Crippen LogP contribution in [0.2, 0.25) is 0 Å². The smallest absolute Gasteiger partial charge is 0.182 e. The molecule has 2 nitrogen and oxygen atoms in total. The van der Waals surface area contributed by atoms with E-state index in [4.69, 9.17) is 0 Å². The average Bonchev–Trinajstić information content (AvgIpc) is 2.41. The van der Waals surface area contributed by atoms with Gasteiger partial charge >= 0.3 is 0 Å². The summed E-state index contributed by atoms with van der Waals surface area (Å²) in [5.41, 5.74) is 0. The molecule has 1 rings (SSSR count). The van der Waals surface area contributed by atoms with Crippen LogP contribution < -0.4 is 5.32 Å². The molecule has 3 heteroatoms. The van der Waals surface area contributed by atoms with Crippen molar-refractivity contribution in [3.63, 3.8) is 0 Å². The van der Waals surface area contributed by atoms with Gasteiger partial charge in [0, 0.05) is 18.1 Å². The SMILES string of the molecule is C=CCCNc1nccs1. The standard InChI is InChI=1S/C7H10N2S/c1-2-3-4-8-7-9-5-6-10-7/h2,5-6H,1,3-4H2,(H,8,9). The zero-order valence-corrected chi connectivity index (χ0v) is 6.53. The number of thiazole rings is 1. The summed E-state index contributed by atoms with van der Waals surface area (Å²) in [6.45, 7) is 4.55. The van der Waals surface area contributed by atoms with Gasteiger partial charge in [-0.1, -0.05) is 6.08 Å². The summed E-state index contributed by atoms with van der Waals surface area (Å²) in [6, 6.07) is 0. The zero-order chi connectivity index (χ0) is 7.23. The minimum atomic E-state index is 0.928. The second kappa shape index (κ2) is 4.06. The summed E-state index contributed by atoms with van der Waals surface area (Å²) in [6.07, 6.45) is 4.67. The molecule has 0 radical (unpaired) electrons. The molecular formula is C7H10N2S. The van der Waals surface area contributed by atoms with E-state index in [9.17, 15) is 0 Å². The summed E-state index contributed by atoms with van der Waals surface area (Å²) >= 11 is 1.62. The number of hydrogen-bond donors (Lipinski definition) is 1. The first kappa shape index (κ1) is 7.28. The fourth-order valence-corrected chi connectivity index (χ4v) is 1.15. The van der Waals surface area contributed by atoms with Gasteiger partial charge in [0.2, 0.25) is 0 Å². The normalized spacial score (nSPS) is 9.20. The average molecular weight is 154 g/mol. The van der Waals surface area contributed by atoms with Crippen molar-refractivity contribution in [2.75, 3.05) is 11.9 Å². The van der Waals surface area contributed by atoms with Crippen molar-refractivity contribution in [2.45, 2.75) is 6.42 Å². The molecule has 0 fully saturated rings. The highest BCUT2D eigenvalue weighted by Crippen LogP contribution is 2.09. The molecule has 1 aromatic heterocycles. The number of rotatable bonds is 4. The van der Waals surface area contributed by atoms with E-state index in [1.54, 1.807) is 17.5 Å². The summed E-state index contributed by atoms with van der Waals surface area (Å²) in [4.78, 5) is 4.06. The van der Waals surface area contributed by atoms with E-state index < -0.39 is 0 Å². The molecule has 0 saturated heterocycles. The van der Waals surface area contributed by atoms with E-state index in [1.165, 1.54) is 0 Å². The second-order valence-corrected chi connectivity index (χ2v) is 2.74. The van der Waals surface area contributed by atoms with Crippen LogP contribution >= 0.6 is 11.3 Å². The van der Waals surface area contributed by atoms with E-state index in [1.807, 2.05) is 11.5 Å². The van der Waals surface area contributed by atoms with E-state index in [2.05, 4.69) is 16.9 Å². The van der Waals surface area contributed by atoms with Crippen molar-refractivity contribution in [3.05, 3.63) is 24.2 Å². The highest BCUT2D eigenvalue weighted by molar-refractivity contribution is 7.13. The van der Waals surface area contributed by atoms with Gasteiger partial charge in [0.25, 0.3) is 0 Å². The molecule has 1 N–H and O–H groups in total. The Morgan fingerprint density at radius 1 is 1.80 bits per heavy atom. The molecule has 1 heterocycles. The Morgan fingerprint density at radius 2 is 2.70 bits per heavy atom. The summed E-state index contributed by atoms with van der Waals surface area (Å²) in [7, 11) is 0. The lowest BCUT2D eigenvalue weighted by Crippen LogP contribution is -1.98. The lowest BCUT2D eigenvalue weighted by atomic mass is 10.4. The molecule has 54 valence electrons. The van der Waals surface area contributed by atoms with Gasteiger partial charge in [0.1, 0.15) is 0 Å². The van der Waals surface area contributed by atoms with Gasteiger partial charge in [0.05, 0.1) is 0 Å². The number of anilines is 1. The molecule has 0 spiro atoms. The third-order valence-electron chi connectivity index (χ3n) is 1.06. The Kier molecular flexibility index (Phi) is 2.96. The van der Waals surface area contributed by atoms with E-state index in [0.717, 1.165) is 18.1 Å². The predicted octanol–water partition coefficient (Wildman–Crippen LogP) is 2.13. The molecule has 0 aliphatic heterocycles. The summed E-state index contributed by atoms with van der Waals surface area (Å²) in [5.74, 6) is 0. The maximum atomic E-state index is 4.06. The topological polar surface area (TPSA) is 24.9 Å².